The average Bonchev–Trinajstić information content (AvgIpc) is 2.58. The van der Waals surface area contributed by atoms with Gasteiger partial charge in [-0.25, -0.2) is 0 Å². The highest BCUT2D eigenvalue weighted by molar-refractivity contribution is 7.99. The minimum Gasteiger partial charge on any atom is -0.294 e. The van der Waals surface area contributed by atoms with Gasteiger partial charge in [0.25, 0.3) is 0 Å². The Balaban J connectivity index is 1.62. The van der Waals surface area contributed by atoms with Gasteiger partial charge < -0.3 is 0 Å². The Morgan fingerprint density at radius 1 is 0.857 bits per heavy atom. The maximum Gasteiger partial charge on any atom is 0.0447 e. The molecule has 2 rings (SSSR count). The van der Waals surface area contributed by atoms with Gasteiger partial charge in [0.05, 0.1) is 0 Å². The molecule has 0 unspecified atom stereocenters. The maximum atomic E-state index is 2.63. The molecular weight excluding hydrogens is 190 g/mol. The van der Waals surface area contributed by atoms with Gasteiger partial charge in [0.2, 0.25) is 0 Å². The van der Waals surface area contributed by atoms with Crippen molar-refractivity contribution in [2.75, 3.05) is 19.0 Å². The zero-order valence-corrected chi connectivity index (χ0v) is 10.0. The third kappa shape index (κ3) is 3.47. The van der Waals surface area contributed by atoms with Crippen LogP contribution in [0.2, 0.25) is 0 Å². The van der Waals surface area contributed by atoms with Crippen molar-refractivity contribution in [1.29, 1.82) is 0 Å². The molecule has 14 heavy (non-hydrogen) atoms. The van der Waals surface area contributed by atoms with Gasteiger partial charge in [-0.15, -0.1) is 11.8 Å². The summed E-state index contributed by atoms with van der Waals surface area (Å²) in [6.45, 7) is 2.72. The quantitative estimate of drug-likeness (QED) is 0.660. The third-order valence-electron chi connectivity index (χ3n) is 3.49. The summed E-state index contributed by atoms with van der Waals surface area (Å²) >= 11 is 2.23. The van der Waals surface area contributed by atoms with Gasteiger partial charge in [0, 0.05) is 11.1 Å². The van der Waals surface area contributed by atoms with E-state index in [9.17, 15) is 0 Å². The minimum absolute atomic E-state index is 0.984. The highest BCUT2D eigenvalue weighted by atomic mass is 32.2. The Kier molecular flexibility index (Phi) is 4.65. The van der Waals surface area contributed by atoms with Crippen LogP contribution in [0.3, 0.4) is 0 Å². The Labute approximate surface area is 92.6 Å². The molecule has 0 amide bonds. The molecule has 1 aliphatic heterocycles. The van der Waals surface area contributed by atoms with E-state index in [2.05, 4.69) is 16.7 Å². The van der Waals surface area contributed by atoms with E-state index in [1.54, 1.807) is 0 Å². The van der Waals surface area contributed by atoms with Crippen LogP contribution in [-0.2, 0) is 0 Å². The molecule has 82 valence electrons. The molecule has 2 heteroatoms. The van der Waals surface area contributed by atoms with Crippen molar-refractivity contribution in [1.82, 2.24) is 4.90 Å². The second-order valence-corrected chi connectivity index (χ2v) is 5.99. The van der Waals surface area contributed by atoms with Crippen LogP contribution < -0.4 is 0 Å². The van der Waals surface area contributed by atoms with Crippen LogP contribution in [0.4, 0.5) is 0 Å². The van der Waals surface area contributed by atoms with Gasteiger partial charge in [-0.05, 0) is 38.8 Å². The van der Waals surface area contributed by atoms with Gasteiger partial charge in [0.1, 0.15) is 0 Å². The van der Waals surface area contributed by atoms with Crippen molar-refractivity contribution in [3.8, 4) is 0 Å². The standard InChI is InChI=1S/C12H23NS/c1-2-4-8-12(7-3-1)14-11-13-9-5-6-10-13/h12H,1-11H2. The lowest BCUT2D eigenvalue weighted by Crippen LogP contribution is -2.20. The number of hydrogen-bond acceptors (Lipinski definition) is 2. The summed E-state index contributed by atoms with van der Waals surface area (Å²) in [7, 11) is 0. The fraction of sp³-hybridized carbons (Fsp3) is 1.00. The van der Waals surface area contributed by atoms with Crippen LogP contribution in [0.25, 0.3) is 0 Å². The second kappa shape index (κ2) is 6.02. The normalized spacial score (nSPS) is 26.6. The summed E-state index contributed by atoms with van der Waals surface area (Å²) in [6.07, 6.45) is 11.8. The second-order valence-electron chi connectivity index (χ2n) is 4.73. The predicted molar refractivity (Wildman–Crippen MR) is 64.8 cm³/mol. The predicted octanol–water partition coefficient (Wildman–Crippen LogP) is 3.50. The molecule has 1 nitrogen and oxygen atoms in total. The van der Waals surface area contributed by atoms with E-state index in [1.165, 1.54) is 70.3 Å². The van der Waals surface area contributed by atoms with E-state index in [1.807, 2.05) is 0 Å². The first-order valence-corrected chi connectivity index (χ1v) is 7.34. The van der Waals surface area contributed by atoms with Gasteiger partial charge >= 0.3 is 0 Å². The zero-order chi connectivity index (χ0) is 9.64. The highest BCUT2D eigenvalue weighted by Crippen LogP contribution is 2.28. The number of likely N-dealkylation sites (tertiary alicyclic amines) is 1. The van der Waals surface area contributed by atoms with Crippen LogP contribution in [0.5, 0.6) is 0 Å². The van der Waals surface area contributed by atoms with E-state index >= 15 is 0 Å². The maximum absolute atomic E-state index is 2.63. The smallest absolute Gasteiger partial charge is 0.0447 e. The molecule has 0 N–H and O–H groups in total. The Morgan fingerprint density at radius 3 is 2.14 bits per heavy atom. The molecule has 0 radical (unpaired) electrons. The van der Waals surface area contributed by atoms with Crippen LogP contribution in [-0.4, -0.2) is 29.1 Å². The fourth-order valence-electron chi connectivity index (χ4n) is 2.53. The van der Waals surface area contributed by atoms with E-state index in [-0.39, 0.29) is 0 Å². The summed E-state index contributed by atoms with van der Waals surface area (Å²) in [4.78, 5) is 2.63. The van der Waals surface area contributed by atoms with Crippen molar-refractivity contribution in [2.45, 2.75) is 56.6 Å². The molecule has 1 heterocycles. The van der Waals surface area contributed by atoms with Gasteiger partial charge in [-0.1, -0.05) is 25.7 Å². The molecule has 0 aromatic rings. The average molecular weight is 213 g/mol. The molecule has 0 aromatic heterocycles. The molecular formula is C12H23NS. The van der Waals surface area contributed by atoms with E-state index in [0.29, 0.717) is 0 Å². The van der Waals surface area contributed by atoms with Crippen LogP contribution >= 0.6 is 11.8 Å². The van der Waals surface area contributed by atoms with Crippen LogP contribution in [0.15, 0.2) is 0 Å². The summed E-state index contributed by atoms with van der Waals surface area (Å²) in [5, 5.41) is 0.984. The summed E-state index contributed by atoms with van der Waals surface area (Å²) in [5.74, 6) is 1.31. The topological polar surface area (TPSA) is 3.24 Å². The number of hydrogen-bond donors (Lipinski definition) is 0. The Morgan fingerprint density at radius 2 is 1.50 bits per heavy atom. The van der Waals surface area contributed by atoms with Crippen molar-refractivity contribution in [2.24, 2.45) is 0 Å². The Hall–Kier alpha value is 0.310. The Bertz CT molecular complexity index is 146. The molecule has 1 saturated carbocycles. The van der Waals surface area contributed by atoms with Crippen molar-refractivity contribution >= 4 is 11.8 Å². The van der Waals surface area contributed by atoms with Gasteiger partial charge in [0.15, 0.2) is 0 Å². The summed E-state index contributed by atoms with van der Waals surface area (Å²) in [5.41, 5.74) is 0. The summed E-state index contributed by atoms with van der Waals surface area (Å²) in [6, 6.07) is 0. The lowest BCUT2D eigenvalue weighted by Gasteiger charge is -2.19. The zero-order valence-electron chi connectivity index (χ0n) is 9.21. The van der Waals surface area contributed by atoms with E-state index in [4.69, 9.17) is 0 Å². The first-order chi connectivity index (χ1) is 6.95. The van der Waals surface area contributed by atoms with E-state index in [0.717, 1.165) is 5.25 Å². The number of rotatable bonds is 3. The van der Waals surface area contributed by atoms with Crippen molar-refractivity contribution in [3.63, 3.8) is 0 Å². The first kappa shape index (κ1) is 10.8. The van der Waals surface area contributed by atoms with Crippen LogP contribution in [0.1, 0.15) is 51.4 Å². The lowest BCUT2D eigenvalue weighted by atomic mass is 10.2. The molecule has 0 bridgehead atoms. The van der Waals surface area contributed by atoms with Gasteiger partial charge in [-0.3, -0.25) is 4.90 Å². The van der Waals surface area contributed by atoms with Crippen molar-refractivity contribution < 1.29 is 0 Å². The molecule has 1 saturated heterocycles. The molecule has 0 aromatic carbocycles. The van der Waals surface area contributed by atoms with E-state index < -0.39 is 0 Å². The van der Waals surface area contributed by atoms with Gasteiger partial charge in [-0.2, -0.15) is 0 Å². The van der Waals surface area contributed by atoms with Crippen LogP contribution in [0, 0.1) is 0 Å². The minimum atomic E-state index is 0.984. The molecule has 0 atom stereocenters. The highest BCUT2D eigenvalue weighted by Gasteiger charge is 2.16. The fourth-order valence-corrected chi connectivity index (χ4v) is 3.88. The first-order valence-electron chi connectivity index (χ1n) is 6.29. The molecule has 2 aliphatic rings. The molecule has 1 aliphatic carbocycles. The number of thioether (sulfide) groups is 1. The summed E-state index contributed by atoms with van der Waals surface area (Å²) < 4.78 is 0. The monoisotopic (exact) mass is 213 g/mol. The van der Waals surface area contributed by atoms with Crippen molar-refractivity contribution in [3.05, 3.63) is 0 Å². The molecule has 0 spiro atoms. The SMILES string of the molecule is C1CCCC(SCN2CCCC2)CC1. The third-order valence-corrected chi connectivity index (χ3v) is 4.95. The number of nitrogens with zero attached hydrogens (tertiary/aromatic N) is 1. The lowest BCUT2D eigenvalue weighted by molar-refractivity contribution is 0.400. The molecule has 2 fully saturated rings. The largest absolute Gasteiger partial charge is 0.294 e.